The van der Waals surface area contributed by atoms with Crippen LogP contribution in [0.5, 0.6) is 0 Å². The highest BCUT2D eigenvalue weighted by atomic mass is 16.4. The molecule has 0 spiro atoms. The maximum Gasteiger partial charge on any atom is 0.325 e. The summed E-state index contributed by atoms with van der Waals surface area (Å²) in [6.45, 7) is 3.62. The molecule has 8 heteroatoms. The molecule has 19 heavy (non-hydrogen) atoms. The molecule has 0 aliphatic carbocycles. The van der Waals surface area contributed by atoms with E-state index in [9.17, 15) is 9.59 Å². The molecular formula is C11H15N5O3. The number of rotatable bonds is 6. The molecule has 0 aliphatic heterocycles. The monoisotopic (exact) mass is 265 g/mol. The number of aliphatic carboxylic acids is 1. The number of amides is 1. The summed E-state index contributed by atoms with van der Waals surface area (Å²) < 4.78 is 1.08. The first-order valence-electron chi connectivity index (χ1n) is 5.75. The van der Waals surface area contributed by atoms with Gasteiger partial charge < -0.3 is 10.0 Å². The minimum absolute atomic E-state index is 0.0767. The molecule has 0 atom stereocenters. The smallest absolute Gasteiger partial charge is 0.325 e. The van der Waals surface area contributed by atoms with E-state index >= 15 is 0 Å². The quantitative estimate of drug-likeness (QED) is 0.782. The van der Waals surface area contributed by atoms with Crippen LogP contribution in [0.4, 0.5) is 0 Å². The Balaban J connectivity index is 2.82. The average molecular weight is 265 g/mol. The number of carboxylic acid groups (broad SMARTS) is 1. The first-order valence-corrected chi connectivity index (χ1v) is 5.75. The van der Waals surface area contributed by atoms with Gasteiger partial charge in [-0.15, -0.1) is 5.10 Å². The second-order valence-electron chi connectivity index (χ2n) is 4.20. The topological polar surface area (TPSA) is 112 Å². The summed E-state index contributed by atoms with van der Waals surface area (Å²) in [5.74, 6) is -1.42. The van der Waals surface area contributed by atoms with Crippen molar-refractivity contribution < 1.29 is 14.7 Å². The van der Waals surface area contributed by atoms with Crippen molar-refractivity contribution in [1.29, 1.82) is 5.26 Å². The van der Waals surface area contributed by atoms with Gasteiger partial charge in [-0.3, -0.25) is 9.59 Å². The van der Waals surface area contributed by atoms with Crippen molar-refractivity contribution in [3.05, 3.63) is 11.9 Å². The first-order chi connectivity index (χ1) is 8.95. The van der Waals surface area contributed by atoms with Crippen molar-refractivity contribution >= 4 is 11.9 Å². The summed E-state index contributed by atoms with van der Waals surface area (Å²) in [4.78, 5) is 24.2. The largest absolute Gasteiger partial charge is 0.480 e. The zero-order chi connectivity index (χ0) is 14.4. The SMILES string of the molecule is CC(C)N(CCC#N)C(=O)c1cn(CC(=O)O)nn1. The molecule has 0 unspecified atom stereocenters. The van der Waals surface area contributed by atoms with Gasteiger partial charge >= 0.3 is 5.97 Å². The number of nitrogens with zero attached hydrogens (tertiary/aromatic N) is 5. The third kappa shape index (κ3) is 4.06. The summed E-state index contributed by atoms with van der Waals surface area (Å²) in [7, 11) is 0. The highest BCUT2D eigenvalue weighted by molar-refractivity contribution is 5.92. The Morgan fingerprint density at radius 3 is 2.79 bits per heavy atom. The van der Waals surface area contributed by atoms with Crippen LogP contribution in [0.2, 0.25) is 0 Å². The van der Waals surface area contributed by atoms with Crippen molar-refractivity contribution in [3.63, 3.8) is 0 Å². The Morgan fingerprint density at radius 2 is 2.26 bits per heavy atom. The first kappa shape index (κ1) is 14.6. The fourth-order valence-corrected chi connectivity index (χ4v) is 1.52. The minimum atomic E-state index is -1.06. The zero-order valence-electron chi connectivity index (χ0n) is 10.8. The van der Waals surface area contributed by atoms with E-state index in [1.807, 2.05) is 19.9 Å². The van der Waals surface area contributed by atoms with E-state index in [4.69, 9.17) is 10.4 Å². The maximum absolute atomic E-state index is 12.1. The fourth-order valence-electron chi connectivity index (χ4n) is 1.52. The molecule has 0 aliphatic rings. The van der Waals surface area contributed by atoms with Crippen LogP contribution in [-0.4, -0.2) is 49.5 Å². The van der Waals surface area contributed by atoms with Gasteiger partial charge in [0.1, 0.15) is 6.54 Å². The third-order valence-corrected chi connectivity index (χ3v) is 2.40. The molecule has 1 aromatic heterocycles. The van der Waals surface area contributed by atoms with Crippen molar-refractivity contribution in [2.75, 3.05) is 6.54 Å². The Bertz CT molecular complexity index is 503. The van der Waals surface area contributed by atoms with E-state index in [0.29, 0.717) is 6.54 Å². The second kappa shape index (κ2) is 6.49. The summed E-state index contributed by atoms with van der Waals surface area (Å²) in [6.07, 6.45) is 1.52. The number of hydrogen-bond acceptors (Lipinski definition) is 5. The van der Waals surface area contributed by atoms with Gasteiger partial charge in [0.25, 0.3) is 5.91 Å². The van der Waals surface area contributed by atoms with Crippen LogP contribution in [0.1, 0.15) is 30.8 Å². The van der Waals surface area contributed by atoms with Gasteiger partial charge in [0.15, 0.2) is 5.69 Å². The molecule has 0 saturated heterocycles. The molecule has 1 aromatic rings. The molecule has 1 amide bonds. The van der Waals surface area contributed by atoms with Gasteiger partial charge in [-0.05, 0) is 13.8 Å². The van der Waals surface area contributed by atoms with Gasteiger partial charge in [0.2, 0.25) is 0 Å². The lowest BCUT2D eigenvalue weighted by Gasteiger charge is -2.24. The average Bonchev–Trinajstić information content (AvgIpc) is 2.76. The summed E-state index contributed by atoms with van der Waals surface area (Å²) in [5.41, 5.74) is 0.0767. The lowest BCUT2D eigenvalue weighted by Crippen LogP contribution is -2.37. The summed E-state index contributed by atoms with van der Waals surface area (Å²) in [6, 6.07) is 1.90. The fraction of sp³-hybridized carbons (Fsp3) is 0.545. The standard InChI is InChI=1S/C11H15N5O3/c1-8(2)16(5-3-4-12)11(19)9-6-15(14-13-9)7-10(17)18/h6,8H,3,5,7H2,1-2H3,(H,17,18). The van der Waals surface area contributed by atoms with Crippen LogP contribution in [0.25, 0.3) is 0 Å². The van der Waals surface area contributed by atoms with Gasteiger partial charge in [0, 0.05) is 12.6 Å². The third-order valence-electron chi connectivity index (χ3n) is 2.40. The lowest BCUT2D eigenvalue weighted by molar-refractivity contribution is -0.137. The predicted octanol–water partition coefficient (Wildman–Crippen LogP) is 0.127. The van der Waals surface area contributed by atoms with Crippen molar-refractivity contribution in [2.45, 2.75) is 32.9 Å². The minimum Gasteiger partial charge on any atom is -0.480 e. The Labute approximate surface area is 110 Å². The highest BCUT2D eigenvalue weighted by Gasteiger charge is 2.21. The van der Waals surface area contributed by atoms with Crippen LogP contribution in [0.15, 0.2) is 6.20 Å². The molecule has 8 nitrogen and oxygen atoms in total. The summed E-state index contributed by atoms with van der Waals surface area (Å²) in [5, 5.41) is 24.4. The molecule has 0 saturated carbocycles. The van der Waals surface area contributed by atoms with Gasteiger partial charge in [-0.2, -0.15) is 5.26 Å². The van der Waals surface area contributed by atoms with Crippen LogP contribution >= 0.6 is 0 Å². The van der Waals surface area contributed by atoms with Gasteiger partial charge in [-0.1, -0.05) is 5.21 Å². The van der Waals surface area contributed by atoms with Crippen molar-refractivity contribution in [1.82, 2.24) is 19.9 Å². The Kier molecular flexibility index (Phi) is 5.00. The van der Waals surface area contributed by atoms with E-state index in [1.165, 1.54) is 11.1 Å². The second-order valence-corrected chi connectivity index (χ2v) is 4.20. The molecule has 0 fully saturated rings. The zero-order valence-corrected chi connectivity index (χ0v) is 10.8. The van der Waals surface area contributed by atoms with Crippen molar-refractivity contribution in [3.8, 4) is 6.07 Å². The van der Waals surface area contributed by atoms with Gasteiger partial charge in [-0.25, -0.2) is 4.68 Å². The van der Waals surface area contributed by atoms with E-state index in [1.54, 1.807) is 0 Å². The number of hydrogen-bond donors (Lipinski definition) is 1. The molecule has 1 N–H and O–H groups in total. The van der Waals surface area contributed by atoms with Crippen LogP contribution < -0.4 is 0 Å². The number of carbonyl (C=O) groups excluding carboxylic acids is 1. The van der Waals surface area contributed by atoms with Gasteiger partial charge in [0.05, 0.1) is 18.7 Å². The molecule has 0 radical (unpaired) electrons. The van der Waals surface area contributed by atoms with Crippen LogP contribution in [0, 0.1) is 11.3 Å². The van der Waals surface area contributed by atoms with Crippen LogP contribution in [-0.2, 0) is 11.3 Å². The van der Waals surface area contributed by atoms with Crippen molar-refractivity contribution in [2.24, 2.45) is 0 Å². The van der Waals surface area contributed by atoms with Crippen LogP contribution in [0.3, 0.4) is 0 Å². The Hall–Kier alpha value is -2.43. The van der Waals surface area contributed by atoms with E-state index in [0.717, 1.165) is 4.68 Å². The molecule has 102 valence electrons. The molecule has 0 aromatic carbocycles. The highest BCUT2D eigenvalue weighted by Crippen LogP contribution is 2.06. The molecular weight excluding hydrogens is 250 g/mol. The molecule has 1 rings (SSSR count). The molecule has 1 heterocycles. The number of aromatic nitrogens is 3. The van der Waals surface area contributed by atoms with E-state index in [-0.39, 0.29) is 30.6 Å². The normalized spacial score (nSPS) is 10.2. The summed E-state index contributed by atoms with van der Waals surface area (Å²) >= 11 is 0. The lowest BCUT2D eigenvalue weighted by atomic mass is 10.2. The molecule has 0 bridgehead atoms. The number of carbonyl (C=O) groups is 2. The maximum atomic E-state index is 12.1. The van der Waals surface area contributed by atoms with E-state index in [2.05, 4.69) is 10.3 Å². The Morgan fingerprint density at radius 1 is 1.58 bits per heavy atom. The number of carboxylic acids is 1. The number of nitriles is 1. The predicted molar refractivity (Wildman–Crippen MR) is 64.1 cm³/mol. The van der Waals surface area contributed by atoms with E-state index < -0.39 is 5.97 Å².